The Kier molecular flexibility index (Phi) is 2.55. The summed E-state index contributed by atoms with van der Waals surface area (Å²) in [7, 11) is 0. The summed E-state index contributed by atoms with van der Waals surface area (Å²) in [4.78, 5) is 19.2. The van der Waals surface area contributed by atoms with Crippen molar-refractivity contribution in [2.24, 2.45) is 0 Å². The number of hydrogen-bond donors (Lipinski definition) is 1. The molecule has 2 aromatic rings. The first-order chi connectivity index (χ1) is 8.75. The van der Waals surface area contributed by atoms with Crippen molar-refractivity contribution >= 4 is 5.97 Å². The molecule has 0 bridgehead atoms. The maximum Gasteiger partial charge on any atom is 0.354 e. The lowest BCUT2D eigenvalue weighted by atomic mass is 9.98. The number of aromatic nitrogens is 2. The molecule has 2 aromatic heterocycles. The van der Waals surface area contributed by atoms with Crippen molar-refractivity contribution in [1.82, 2.24) is 9.97 Å². The minimum atomic E-state index is -0.994. The highest BCUT2D eigenvalue weighted by atomic mass is 16.4. The van der Waals surface area contributed by atoms with Crippen LogP contribution in [0.2, 0.25) is 0 Å². The second-order valence-corrected chi connectivity index (χ2v) is 4.42. The van der Waals surface area contributed by atoms with Gasteiger partial charge < -0.3 is 5.11 Å². The fraction of sp³-hybridized carbons (Fsp3) is 0.214. The van der Waals surface area contributed by atoms with Crippen LogP contribution in [-0.2, 0) is 6.42 Å². The quantitative estimate of drug-likeness (QED) is 0.874. The number of fused-ring (bicyclic) bond motifs is 1. The fourth-order valence-electron chi connectivity index (χ4n) is 2.48. The minimum absolute atomic E-state index is 0.0815. The Morgan fingerprint density at radius 3 is 2.89 bits per heavy atom. The van der Waals surface area contributed by atoms with Crippen molar-refractivity contribution in [2.75, 3.05) is 0 Å². The Labute approximate surface area is 104 Å². The standard InChI is InChI=1S/C14H12N2O2/c17-14(18)12-6-4-10(8-16-12)11-5-3-9-2-1-7-15-13(9)11/h1-2,4,6-8,11H,3,5H2,(H,17,18). The second-order valence-electron chi connectivity index (χ2n) is 4.42. The van der Waals surface area contributed by atoms with Crippen LogP contribution in [0.25, 0.3) is 0 Å². The Morgan fingerprint density at radius 1 is 1.28 bits per heavy atom. The molecule has 3 rings (SSSR count). The Balaban J connectivity index is 1.95. The average molecular weight is 240 g/mol. The third kappa shape index (κ3) is 1.76. The molecule has 2 heterocycles. The fourth-order valence-corrected chi connectivity index (χ4v) is 2.48. The third-order valence-corrected chi connectivity index (χ3v) is 3.37. The molecule has 0 aliphatic heterocycles. The minimum Gasteiger partial charge on any atom is -0.477 e. The predicted molar refractivity (Wildman–Crippen MR) is 65.6 cm³/mol. The van der Waals surface area contributed by atoms with E-state index in [2.05, 4.69) is 16.0 Å². The highest BCUT2D eigenvalue weighted by molar-refractivity contribution is 5.85. The van der Waals surface area contributed by atoms with Crippen molar-refractivity contribution in [2.45, 2.75) is 18.8 Å². The largest absolute Gasteiger partial charge is 0.477 e. The lowest BCUT2D eigenvalue weighted by Gasteiger charge is -2.10. The number of carboxylic acid groups (broad SMARTS) is 1. The lowest BCUT2D eigenvalue weighted by molar-refractivity contribution is 0.0690. The topological polar surface area (TPSA) is 63.1 Å². The molecule has 0 spiro atoms. The van der Waals surface area contributed by atoms with E-state index in [9.17, 15) is 4.79 Å². The molecular formula is C14H12N2O2. The van der Waals surface area contributed by atoms with Gasteiger partial charge in [-0.05, 0) is 36.1 Å². The van der Waals surface area contributed by atoms with E-state index < -0.39 is 5.97 Å². The molecule has 0 aromatic carbocycles. The van der Waals surface area contributed by atoms with Crippen LogP contribution < -0.4 is 0 Å². The highest BCUT2D eigenvalue weighted by Crippen LogP contribution is 2.35. The number of aryl methyl sites for hydroxylation is 1. The van der Waals surface area contributed by atoms with Gasteiger partial charge in [-0.2, -0.15) is 0 Å². The average Bonchev–Trinajstić information content (AvgIpc) is 2.82. The van der Waals surface area contributed by atoms with Crippen LogP contribution in [0.3, 0.4) is 0 Å². The summed E-state index contributed by atoms with van der Waals surface area (Å²) in [5, 5.41) is 8.82. The Bertz CT molecular complexity index is 593. The maximum atomic E-state index is 10.8. The van der Waals surface area contributed by atoms with Crippen molar-refractivity contribution in [1.29, 1.82) is 0 Å². The molecule has 1 atom stereocenters. The summed E-state index contributed by atoms with van der Waals surface area (Å²) >= 11 is 0. The zero-order chi connectivity index (χ0) is 12.5. The van der Waals surface area contributed by atoms with Crippen molar-refractivity contribution < 1.29 is 9.90 Å². The molecule has 18 heavy (non-hydrogen) atoms. The van der Waals surface area contributed by atoms with Gasteiger partial charge >= 0.3 is 5.97 Å². The number of aromatic carboxylic acids is 1. The van der Waals surface area contributed by atoms with Crippen LogP contribution in [-0.4, -0.2) is 21.0 Å². The molecule has 0 radical (unpaired) electrons. The van der Waals surface area contributed by atoms with E-state index in [0.29, 0.717) is 0 Å². The Morgan fingerprint density at radius 2 is 2.17 bits per heavy atom. The second kappa shape index (κ2) is 4.22. The van der Waals surface area contributed by atoms with E-state index in [1.165, 1.54) is 5.56 Å². The first-order valence-corrected chi connectivity index (χ1v) is 5.89. The number of pyridine rings is 2. The molecule has 0 saturated heterocycles. The number of carbonyl (C=O) groups is 1. The van der Waals surface area contributed by atoms with E-state index in [1.54, 1.807) is 18.5 Å². The van der Waals surface area contributed by atoms with Gasteiger partial charge in [-0.15, -0.1) is 0 Å². The first kappa shape index (κ1) is 10.9. The number of nitrogens with zero attached hydrogens (tertiary/aromatic N) is 2. The molecular weight excluding hydrogens is 228 g/mol. The van der Waals surface area contributed by atoms with Crippen molar-refractivity contribution in [3.05, 3.63) is 59.2 Å². The summed E-state index contributed by atoms with van der Waals surface area (Å²) in [6, 6.07) is 7.44. The summed E-state index contributed by atoms with van der Waals surface area (Å²) < 4.78 is 0. The number of carboxylic acids is 1. The van der Waals surface area contributed by atoms with Gasteiger partial charge in [0.1, 0.15) is 5.69 Å². The highest BCUT2D eigenvalue weighted by Gasteiger charge is 2.25. The zero-order valence-electron chi connectivity index (χ0n) is 9.71. The molecule has 0 fully saturated rings. The van der Waals surface area contributed by atoms with Crippen LogP contribution >= 0.6 is 0 Å². The maximum absolute atomic E-state index is 10.8. The number of hydrogen-bond acceptors (Lipinski definition) is 3. The monoisotopic (exact) mass is 240 g/mol. The van der Waals surface area contributed by atoms with Crippen LogP contribution in [0.5, 0.6) is 0 Å². The van der Waals surface area contributed by atoms with E-state index >= 15 is 0 Å². The third-order valence-electron chi connectivity index (χ3n) is 3.37. The van der Waals surface area contributed by atoms with Crippen LogP contribution in [0.4, 0.5) is 0 Å². The lowest BCUT2D eigenvalue weighted by Crippen LogP contribution is -2.03. The van der Waals surface area contributed by atoms with Crippen LogP contribution in [0.15, 0.2) is 36.7 Å². The summed E-state index contributed by atoms with van der Waals surface area (Å²) in [5.74, 6) is -0.747. The number of rotatable bonds is 2. The predicted octanol–water partition coefficient (Wildman–Crippen LogP) is 2.25. The van der Waals surface area contributed by atoms with Crippen LogP contribution in [0.1, 0.15) is 39.6 Å². The van der Waals surface area contributed by atoms with Crippen LogP contribution in [0, 0.1) is 0 Å². The summed E-state index contributed by atoms with van der Waals surface area (Å²) in [6.07, 6.45) is 5.49. The SMILES string of the molecule is O=C(O)c1ccc(C2CCc3cccnc32)cn1. The molecule has 0 saturated carbocycles. The normalized spacial score (nSPS) is 17.4. The van der Waals surface area contributed by atoms with Crippen molar-refractivity contribution in [3.8, 4) is 0 Å². The molecule has 1 aliphatic carbocycles. The summed E-state index contributed by atoms with van der Waals surface area (Å²) in [5.41, 5.74) is 3.50. The van der Waals surface area contributed by atoms with E-state index in [-0.39, 0.29) is 11.6 Å². The van der Waals surface area contributed by atoms with Gasteiger partial charge in [-0.25, -0.2) is 9.78 Å². The molecule has 90 valence electrons. The van der Waals surface area contributed by atoms with Gasteiger partial charge in [-0.3, -0.25) is 4.98 Å². The van der Waals surface area contributed by atoms with Gasteiger partial charge in [0.2, 0.25) is 0 Å². The van der Waals surface area contributed by atoms with Gasteiger partial charge in [-0.1, -0.05) is 12.1 Å². The van der Waals surface area contributed by atoms with Crippen molar-refractivity contribution in [3.63, 3.8) is 0 Å². The molecule has 1 aliphatic rings. The van der Waals surface area contributed by atoms with E-state index in [4.69, 9.17) is 5.11 Å². The zero-order valence-corrected chi connectivity index (χ0v) is 9.71. The summed E-state index contributed by atoms with van der Waals surface area (Å²) in [6.45, 7) is 0. The van der Waals surface area contributed by atoms with Gasteiger partial charge in [0.05, 0.1) is 5.69 Å². The molecule has 4 heteroatoms. The van der Waals surface area contributed by atoms with Gasteiger partial charge in [0, 0.05) is 18.3 Å². The van der Waals surface area contributed by atoms with Gasteiger partial charge in [0.25, 0.3) is 0 Å². The molecule has 0 amide bonds. The first-order valence-electron chi connectivity index (χ1n) is 5.89. The Hall–Kier alpha value is -2.23. The smallest absolute Gasteiger partial charge is 0.354 e. The molecule has 1 unspecified atom stereocenters. The van der Waals surface area contributed by atoms with E-state index in [1.807, 2.05) is 12.1 Å². The molecule has 1 N–H and O–H groups in total. The molecule has 4 nitrogen and oxygen atoms in total. The van der Waals surface area contributed by atoms with Gasteiger partial charge in [0.15, 0.2) is 0 Å². The van der Waals surface area contributed by atoms with E-state index in [0.717, 1.165) is 24.1 Å².